The molecule has 0 heterocycles. The first kappa shape index (κ1) is 16.0. The van der Waals surface area contributed by atoms with E-state index in [0.717, 1.165) is 16.8 Å². The Bertz CT molecular complexity index is 500. The van der Waals surface area contributed by atoms with E-state index in [1.807, 2.05) is 39.0 Å². The van der Waals surface area contributed by atoms with E-state index < -0.39 is 5.97 Å². The van der Waals surface area contributed by atoms with Crippen LogP contribution in [-0.2, 0) is 4.79 Å². The van der Waals surface area contributed by atoms with E-state index in [0.29, 0.717) is 6.54 Å². The predicted octanol–water partition coefficient (Wildman–Crippen LogP) is 3.02. The molecule has 0 radical (unpaired) electrons. The molecule has 2 N–H and O–H groups in total. The Morgan fingerprint density at radius 2 is 2.00 bits per heavy atom. The minimum absolute atomic E-state index is 0.0614. The third kappa shape index (κ3) is 4.26. The average Bonchev–Trinajstić information content (AvgIpc) is 2.32. The summed E-state index contributed by atoms with van der Waals surface area (Å²) in [5.41, 5.74) is 2.87. The zero-order chi connectivity index (χ0) is 15.3. The third-order valence-corrected chi connectivity index (χ3v) is 3.23. The van der Waals surface area contributed by atoms with Crippen LogP contribution in [0.1, 0.15) is 31.4 Å². The van der Waals surface area contributed by atoms with Gasteiger partial charge in [0.1, 0.15) is 0 Å². The van der Waals surface area contributed by atoms with Gasteiger partial charge in [0.15, 0.2) is 0 Å². The second-order valence-electron chi connectivity index (χ2n) is 4.98. The number of carbonyl (C=O) groups is 2. The number of rotatable bonds is 5. The highest BCUT2D eigenvalue weighted by atomic mass is 16.4. The van der Waals surface area contributed by atoms with Crippen molar-refractivity contribution in [2.45, 2.75) is 40.2 Å². The number of aliphatic carboxylic acids is 1. The molecule has 2 amide bonds. The number of carboxylic acid groups (broad SMARTS) is 1. The summed E-state index contributed by atoms with van der Waals surface area (Å²) in [7, 11) is 0. The van der Waals surface area contributed by atoms with Crippen LogP contribution < -0.4 is 5.32 Å². The summed E-state index contributed by atoms with van der Waals surface area (Å²) in [6.45, 7) is 7.95. The van der Waals surface area contributed by atoms with Crippen molar-refractivity contribution in [3.8, 4) is 0 Å². The minimum Gasteiger partial charge on any atom is -0.481 e. The molecule has 20 heavy (non-hydrogen) atoms. The molecule has 0 aromatic heterocycles. The number of amides is 2. The highest BCUT2D eigenvalue weighted by Crippen LogP contribution is 2.17. The second-order valence-corrected chi connectivity index (χ2v) is 4.98. The Kier molecular flexibility index (Phi) is 5.55. The van der Waals surface area contributed by atoms with Crippen molar-refractivity contribution in [3.63, 3.8) is 0 Å². The highest BCUT2D eigenvalue weighted by molar-refractivity contribution is 5.90. The van der Waals surface area contributed by atoms with Gasteiger partial charge in [-0.1, -0.05) is 17.7 Å². The molecule has 5 nitrogen and oxygen atoms in total. The molecule has 0 aliphatic heterocycles. The van der Waals surface area contributed by atoms with Gasteiger partial charge < -0.3 is 15.3 Å². The molecule has 5 heteroatoms. The maximum atomic E-state index is 12.2. The molecule has 0 aliphatic carbocycles. The zero-order valence-electron chi connectivity index (χ0n) is 12.4. The summed E-state index contributed by atoms with van der Waals surface area (Å²) < 4.78 is 0. The first-order valence-electron chi connectivity index (χ1n) is 6.71. The predicted molar refractivity (Wildman–Crippen MR) is 79.0 cm³/mol. The molecule has 0 aliphatic rings. The first-order chi connectivity index (χ1) is 9.35. The van der Waals surface area contributed by atoms with Crippen molar-refractivity contribution >= 4 is 17.7 Å². The summed E-state index contributed by atoms with van der Waals surface area (Å²) >= 11 is 0. The Balaban J connectivity index is 2.79. The Labute approximate surface area is 119 Å². The van der Waals surface area contributed by atoms with Gasteiger partial charge >= 0.3 is 12.0 Å². The Morgan fingerprint density at radius 3 is 2.50 bits per heavy atom. The summed E-state index contributed by atoms with van der Waals surface area (Å²) in [5.74, 6) is -0.907. The van der Waals surface area contributed by atoms with E-state index in [1.54, 1.807) is 6.92 Å². The molecule has 0 saturated heterocycles. The standard InChI is InChI=1S/C15H22N2O3/c1-5-17(12(4)9-14(18)19)15(20)16-13-7-6-10(2)8-11(13)3/h6-8,12H,5,9H2,1-4H3,(H,16,20)(H,18,19). The van der Waals surface area contributed by atoms with Crippen LogP contribution >= 0.6 is 0 Å². The Hall–Kier alpha value is -2.04. The first-order valence-corrected chi connectivity index (χ1v) is 6.71. The van der Waals surface area contributed by atoms with Gasteiger partial charge in [0.25, 0.3) is 0 Å². The van der Waals surface area contributed by atoms with Crippen molar-refractivity contribution in [3.05, 3.63) is 29.3 Å². The van der Waals surface area contributed by atoms with E-state index in [-0.39, 0.29) is 18.5 Å². The Morgan fingerprint density at radius 1 is 1.35 bits per heavy atom. The van der Waals surface area contributed by atoms with Gasteiger partial charge in [-0.15, -0.1) is 0 Å². The number of hydrogen-bond donors (Lipinski definition) is 2. The number of nitrogens with zero attached hydrogens (tertiary/aromatic N) is 1. The van der Waals surface area contributed by atoms with E-state index in [2.05, 4.69) is 5.32 Å². The number of hydrogen-bond acceptors (Lipinski definition) is 2. The lowest BCUT2D eigenvalue weighted by Crippen LogP contribution is -2.42. The van der Waals surface area contributed by atoms with Crippen LogP contribution in [0.5, 0.6) is 0 Å². The zero-order valence-corrected chi connectivity index (χ0v) is 12.4. The summed E-state index contributed by atoms with van der Waals surface area (Å²) in [6.07, 6.45) is -0.0614. The molecule has 1 aromatic rings. The number of carbonyl (C=O) groups excluding carboxylic acids is 1. The SMILES string of the molecule is CCN(C(=O)Nc1ccc(C)cc1C)C(C)CC(=O)O. The van der Waals surface area contributed by atoms with Crippen LogP contribution in [0.2, 0.25) is 0 Å². The van der Waals surface area contributed by atoms with Crippen LogP contribution in [-0.4, -0.2) is 34.6 Å². The molecule has 0 spiro atoms. The molecular formula is C15H22N2O3. The number of carboxylic acids is 1. The fourth-order valence-electron chi connectivity index (χ4n) is 2.16. The van der Waals surface area contributed by atoms with Gasteiger partial charge in [-0.05, 0) is 39.3 Å². The smallest absolute Gasteiger partial charge is 0.322 e. The maximum Gasteiger partial charge on any atom is 0.322 e. The molecule has 0 saturated carbocycles. The van der Waals surface area contributed by atoms with Crippen molar-refractivity contribution < 1.29 is 14.7 Å². The van der Waals surface area contributed by atoms with Crippen molar-refractivity contribution in [1.82, 2.24) is 4.90 Å². The van der Waals surface area contributed by atoms with Crippen LogP contribution in [0.3, 0.4) is 0 Å². The number of anilines is 1. The van der Waals surface area contributed by atoms with Crippen LogP contribution in [0, 0.1) is 13.8 Å². The second kappa shape index (κ2) is 6.93. The number of nitrogens with one attached hydrogen (secondary N) is 1. The van der Waals surface area contributed by atoms with Crippen LogP contribution in [0.4, 0.5) is 10.5 Å². The fraction of sp³-hybridized carbons (Fsp3) is 0.467. The van der Waals surface area contributed by atoms with Gasteiger partial charge in [-0.25, -0.2) is 4.79 Å². The average molecular weight is 278 g/mol. The summed E-state index contributed by atoms with van der Waals surface area (Å²) in [4.78, 5) is 24.5. The lowest BCUT2D eigenvalue weighted by atomic mass is 10.1. The third-order valence-electron chi connectivity index (χ3n) is 3.23. The molecule has 1 atom stereocenters. The van der Waals surface area contributed by atoms with Gasteiger partial charge in [-0.2, -0.15) is 0 Å². The van der Waals surface area contributed by atoms with Gasteiger partial charge in [0.2, 0.25) is 0 Å². The number of benzene rings is 1. The summed E-state index contributed by atoms with van der Waals surface area (Å²) in [6, 6.07) is 5.17. The molecule has 0 bridgehead atoms. The van der Waals surface area contributed by atoms with Crippen LogP contribution in [0.25, 0.3) is 0 Å². The summed E-state index contributed by atoms with van der Waals surface area (Å²) in [5, 5.41) is 11.7. The lowest BCUT2D eigenvalue weighted by Gasteiger charge is -2.27. The largest absolute Gasteiger partial charge is 0.481 e. The van der Waals surface area contributed by atoms with Crippen molar-refractivity contribution in [2.24, 2.45) is 0 Å². The molecule has 1 aromatic carbocycles. The molecular weight excluding hydrogens is 256 g/mol. The van der Waals surface area contributed by atoms with E-state index in [4.69, 9.17) is 5.11 Å². The van der Waals surface area contributed by atoms with Crippen LogP contribution in [0.15, 0.2) is 18.2 Å². The molecule has 1 unspecified atom stereocenters. The topological polar surface area (TPSA) is 69.6 Å². The van der Waals surface area contributed by atoms with Gasteiger partial charge in [0.05, 0.1) is 6.42 Å². The normalized spacial score (nSPS) is 11.8. The van der Waals surface area contributed by atoms with Gasteiger partial charge in [0, 0.05) is 18.3 Å². The van der Waals surface area contributed by atoms with Crippen molar-refractivity contribution in [1.29, 1.82) is 0 Å². The quantitative estimate of drug-likeness (QED) is 0.869. The molecule has 110 valence electrons. The highest BCUT2D eigenvalue weighted by Gasteiger charge is 2.21. The minimum atomic E-state index is -0.907. The maximum absolute atomic E-state index is 12.2. The number of urea groups is 1. The van der Waals surface area contributed by atoms with Gasteiger partial charge in [-0.3, -0.25) is 4.79 Å². The molecule has 1 rings (SSSR count). The lowest BCUT2D eigenvalue weighted by molar-refractivity contribution is -0.137. The molecule has 0 fully saturated rings. The van der Waals surface area contributed by atoms with E-state index in [9.17, 15) is 9.59 Å². The number of aryl methyl sites for hydroxylation is 2. The fourth-order valence-corrected chi connectivity index (χ4v) is 2.16. The van der Waals surface area contributed by atoms with Crippen molar-refractivity contribution in [2.75, 3.05) is 11.9 Å². The monoisotopic (exact) mass is 278 g/mol. The van der Waals surface area contributed by atoms with E-state index in [1.165, 1.54) is 4.90 Å². The van der Waals surface area contributed by atoms with E-state index >= 15 is 0 Å².